The van der Waals surface area contributed by atoms with Gasteiger partial charge in [-0.1, -0.05) is 0 Å². The van der Waals surface area contributed by atoms with Gasteiger partial charge < -0.3 is 9.88 Å². The monoisotopic (exact) mass is 235 g/mol. The van der Waals surface area contributed by atoms with Crippen molar-refractivity contribution in [1.82, 2.24) is 14.9 Å². The van der Waals surface area contributed by atoms with E-state index in [0.29, 0.717) is 0 Å². The Morgan fingerprint density at radius 1 is 1.38 bits per heavy atom. The van der Waals surface area contributed by atoms with Crippen LogP contribution in [0.4, 0.5) is 0 Å². The number of hydrogen-bond acceptors (Lipinski definition) is 3. The molecule has 2 heterocycles. The van der Waals surface area contributed by atoms with Crippen LogP contribution in [0, 0.1) is 13.8 Å². The molecular weight excluding hydrogens is 218 g/mol. The van der Waals surface area contributed by atoms with Crippen molar-refractivity contribution in [3.63, 3.8) is 0 Å². The van der Waals surface area contributed by atoms with Crippen LogP contribution < -0.4 is 5.32 Å². The van der Waals surface area contributed by atoms with Crippen LogP contribution in [0.5, 0.6) is 0 Å². The number of aromatic nitrogens is 2. The van der Waals surface area contributed by atoms with E-state index in [-0.39, 0.29) is 0 Å². The molecule has 2 rings (SSSR count). The molecule has 0 saturated heterocycles. The minimum atomic E-state index is 0.868. The summed E-state index contributed by atoms with van der Waals surface area (Å²) < 4.78 is 2.04. The van der Waals surface area contributed by atoms with Gasteiger partial charge in [0.25, 0.3) is 0 Å². The van der Waals surface area contributed by atoms with Gasteiger partial charge in [0, 0.05) is 36.1 Å². The largest absolute Gasteiger partial charge is 0.337 e. The average molecular weight is 235 g/mol. The fraction of sp³-hybridized carbons (Fsp3) is 0.417. The molecule has 2 aromatic heterocycles. The summed E-state index contributed by atoms with van der Waals surface area (Å²) in [6.07, 6.45) is 3.73. The summed E-state index contributed by atoms with van der Waals surface area (Å²) in [5.74, 6) is 0. The van der Waals surface area contributed by atoms with Gasteiger partial charge in [-0.2, -0.15) is 0 Å². The van der Waals surface area contributed by atoms with Crippen LogP contribution in [0.15, 0.2) is 18.6 Å². The first-order chi connectivity index (χ1) is 7.66. The Morgan fingerprint density at radius 3 is 2.75 bits per heavy atom. The first kappa shape index (κ1) is 11.4. The molecule has 0 amide bonds. The first-order valence-corrected chi connectivity index (χ1v) is 6.20. The molecule has 0 spiro atoms. The highest BCUT2D eigenvalue weighted by atomic mass is 32.1. The minimum Gasteiger partial charge on any atom is -0.337 e. The van der Waals surface area contributed by atoms with Crippen LogP contribution >= 0.6 is 11.3 Å². The van der Waals surface area contributed by atoms with Crippen molar-refractivity contribution in [1.29, 1.82) is 0 Å². The van der Waals surface area contributed by atoms with Gasteiger partial charge in [-0.3, -0.25) is 0 Å². The Kier molecular flexibility index (Phi) is 3.41. The smallest absolute Gasteiger partial charge is 0.0945 e. The number of nitrogens with one attached hydrogen (secondary N) is 1. The molecule has 2 aromatic rings. The van der Waals surface area contributed by atoms with Crippen LogP contribution in [0.2, 0.25) is 0 Å². The summed E-state index contributed by atoms with van der Waals surface area (Å²) >= 11 is 1.87. The van der Waals surface area contributed by atoms with Crippen molar-refractivity contribution in [2.24, 2.45) is 7.05 Å². The number of thiophene rings is 1. The molecule has 0 fully saturated rings. The summed E-state index contributed by atoms with van der Waals surface area (Å²) in [6, 6.07) is 2.26. The Balaban J connectivity index is 1.87. The Hall–Kier alpha value is -1.13. The molecule has 0 bridgehead atoms. The van der Waals surface area contributed by atoms with Crippen molar-refractivity contribution >= 4 is 11.3 Å². The third-order valence-corrected chi connectivity index (χ3v) is 3.89. The van der Waals surface area contributed by atoms with E-state index in [1.165, 1.54) is 21.0 Å². The second kappa shape index (κ2) is 4.80. The highest BCUT2D eigenvalue weighted by Crippen LogP contribution is 2.20. The molecule has 0 aromatic carbocycles. The van der Waals surface area contributed by atoms with Crippen molar-refractivity contribution < 1.29 is 0 Å². The number of nitrogens with zero attached hydrogens (tertiary/aromatic N) is 2. The summed E-state index contributed by atoms with van der Waals surface area (Å²) in [5.41, 5.74) is 2.60. The highest BCUT2D eigenvalue weighted by molar-refractivity contribution is 7.12. The number of hydrogen-bond donors (Lipinski definition) is 1. The van der Waals surface area contributed by atoms with E-state index in [1.807, 2.05) is 35.5 Å². The maximum atomic E-state index is 4.09. The first-order valence-electron chi connectivity index (χ1n) is 5.38. The third kappa shape index (κ3) is 2.51. The van der Waals surface area contributed by atoms with E-state index < -0.39 is 0 Å². The lowest BCUT2D eigenvalue weighted by molar-refractivity contribution is 0.660. The SMILES string of the molecule is Cc1cc(CNCc2cncn2C)sc1C. The fourth-order valence-corrected chi connectivity index (χ4v) is 2.63. The van der Waals surface area contributed by atoms with Gasteiger partial charge in [0.15, 0.2) is 0 Å². The van der Waals surface area contributed by atoms with E-state index >= 15 is 0 Å². The fourth-order valence-electron chi connectivity index (χ4n) is 1.61. The topological polar surface area (TPSA) is 29.9 Å². The molecule has 4 heteroatoms. The van der Waals surface area contributed by atoms with Gasteiger partial charge >= 0.3 is 0 Å². The summed E-state index contributed by atoms with van der Waals surface area (Å²) in [6.45, 7) is 6.14. The lowest BCUT2D eigenvalue weighted by atomic mass is 10.3. The molecule has 1 N–H and O–H groups in total. The minimum absolute atomic E-state index is 0.868. The van der Waals surface area contributed by atoms with Gasteiger partial charge in [-0.25, -0.2) is 4.98 Å². The van der Waals surface area contributed by atoms with Crippen molar-refractivity contribution in [2.45, 2.75) is 26.9 Å². The van der Waals surface area contributed by atoms with Gasteiger partial charge in [-0.15, -0.1) is 11.3 Å². The Labute approximate surface area is 100 Å². The zero-order chi connectivity index (χ0) is 11.5. The van der Waals surface area contributed by atoms with Crippen LogP contribution in [-0.4, -0.2) is 9.55 Å². The molecule has 16 heavy (non-hydrogen) atoms. The maximum absolute atomic E-state index is 4.09. The molecule has 0 unspecified atom stereocenters. The lowest BCUT2D eigenvalue weighted by Crippen LogP contribution is -2.13. The molecule has 0 aliphatic heterocycles. The normalized spacial score (nSPS) is 10.9. The predicted octanol–water partition coefficient (Wildman–Crippen LogP) is 2.39. The van der Waals surface area contributed by atoms with Gasteiger partial charge in [0.05, 0.1) is 12.0 Å². The van der Waals surface area contributed by atoms with Crippen molar-refractivity contribution in [2.75, 3.05) is 0 Å². The van der Waals surface area contributed by atoms with Gasteiger partial charge in [-0.05, 0) is 25.5 Å². The van der Waals surface area contributed by atoms with Crippen LogP contribution in [0.25, 0.3) is 0 Å². The highest BCUT2D eigenvalue weighted by Gasteiger charge is 2.02. The quantitative estimate of drug-likeness (QED) is 0.882. The van der Waals surface area contributed by atoms with Crippen molar-refractivity contribution in [3.8, 4) is 0 Å². The molecule has 3 nitrogen and oxygen atoms in total. The van der Waals surface area contributed by atoms with Crippen LogP contribution in [0.3, 0.4) is 0 Å². The predicted molar refractivity (Wildman–Crippen MR) is 67.5 cm³/mol. The molecule has 0 atom stereocenters. The zero-order valence-corrected chi connectivity index (χ0v) is 10.8. The number of aryl methyl sites for hydroxylation is 3. The van der Waals surface area contributed by atoms with Crippen molar-refractivity contribution in [3.05, 3.63) is 39.6 Å². The van der Waals surface area contributed by atoms with E-state index in [9.17, 15) is 0 Å². The molecular formula is C12H17N3S. The lowest BCUT2D eigenvalue weighted by Gasteiger charge is -2.03. The Morgan fingerprint density at radius 2 is 2.19 bits per heavy atom. The standard InChI is InChI=1S/C12H17N3S/c1-9-4-12(16-10(9)2)7-13-5-11-6-14-8-15(11)3/h4,6,8,13H,5,7H2,1-3H3. The van der Waals surface area contributed by atoms with Crippen LogP contribution in [0.1, 0.15) is 21.0 Å². The van der Waals surface area contributed by atoms with E-state index in [1.54, 1.807) is 0 Å². The average Bonchev–Trinajstić information content (AvgIpc) is 2.76. The molecule has 0 saturated carbocycles. The maximum Gasteiger partial charge on any atom is 0.0945 e. The second-order valence-electron chi connectivity index (χ2n) is 4.05. The van der Waals surface area contributed by atoms with E-state index in [0.717, 1.165) is 13.1 Å². The summed E-state index contributed by atoms with van der Waals surface area (Å²) in [5, 5.41) is 3.44. The molecule has 0 radical (unpaired) electrons. The van der Waals surface area contributed by atoms with Crippen LogP contribution in [-0.2, 0) is 20.1 Å². The van der Waals surface area contributed by atoms with E-state index in [2.05, 4.69) is 30.2 Å². The second-order valence-corrected chi connectivity index (χ2v) is 5.39. The van der Waals surface area contributed by atoms with E-state index in [4.69, 9.17) is 0 Å². The zero-order valence-electron chi connectivity index (χ0n) is 9.95. The summed E-state index contributed by atoms with van der Waals surface area (Å²) in [7, 11) is 2.02. The van der Waals surface area contributed by atoms with Gasteiger partial charge in [0.1, 0.15) is 0 Å². The Bertz CT molecular complexity index is 451. The number of rotatable bonds is 4. The molecule has 86 valence electrons. The van der Waals surface area contributed by atoms with Gasteiger partial charge in [0.2, 0.25) is 0 Å². The summed E-state index contributed by atoms with van der Waals surface area (Å²) in [4.78, 5) is 6.91. The molecule has 0 aliphatic rings. The third-order valence-electron chi connectivity index (χ3n) is 2.74. The molecule has 0 aliphatic carbocycles. The number of imidazole rings is 1.